The van der Waals surface area contributed by atoms with Crippen LogP contribution in [0.5, 0.6) is 11.5 Å². The molecule has 11 aromatic carbocycles. The molecule has 0 fully saturated rings. The molecule has 1 aliphatic carbocycles. The Labute approximate surface area is 540 Å². The van der Waals surface area contributed by atoms with Crippen LogP contribution in [0.1, 0.15) is 33.4 Å². The van der Waals surface area contributed by atoms with Crippen LogP contribution in [0, 0.1) is 22.7 Å². The molecule has 21 rings (SSSR count). The maximum atomic E-state index is 10.4. The number of pyridine rings is 3. The van der Waals surface area contributed by atoms with Crippen molar-refractivity contribution in [2.75, 3.05) is 0 Å². The van der Waals surface area contributed by atoms with Gasteiger partial charge in [0, 0.05) is 99.8 Å². The van der Waals surface area contributed by atoms with Gasteiger partial charge in [-0.3, -0.25) is 15.0 Å². The van der Waals surface area contributed by atoms with Crippen LogP contribution < -0.4 is 4.74 Å². The lowest BCUT2D eigenvalue weighted by atomic mass is 9.65. The molecule has 0 amide bonds. The fraction of sp³-hybridized carbons (Fsp3) is 0.0119. The van der Waals surface area contributed by atoms with Crippen molar-refractivity contribution >= 4 is 109 Å². The van der Waals surface area contributed by atoms with Crippen LogP contribution in [0.25, 0.3) is 149 Å². The summed E-state index contributed by atoms with van der Waals surface area (Å²) in [7, 11) is 0. The summed E-state index contributed by atoms with van der Waals surface area (Å²) in [4.78, 5) is 16.1. The van der Waals surface area contributed by atoms with Gasteiger partial charge in [0.25, 0.3) is 0 Å². The van der Waals surface area contributed by atoms with E-state index < -0.39 is 5.41 Å². The number of hydrogen-bond donors (Lipinski definition) is 0. The van der Waals surface area contributed by atoms with Gasteiger partial charge in [0.05, 0.1) is 131 Å². The fourth-order valence-corrected chi connectivity index (χ4v) is 16.6. The zero-order chi connectivity index (χ0) is 62.4. The van der Waals surface area contributed by atoms with Crippen molar-refractivity contribution in [3.63, 3.8) is 0 Å². The second-order valence-corrected chi connectivity index (χ2v) is 24.9. The average molecular weight is 1210 g/mol. The maximum absolute atomic E-state index is 10.4. The minimum Gasteiger partial charge on any atom is -0.457 e. The highest BCUT2D eigenvalue weighted by Crippen LogP contribution is 2.64. The third-order valence-electron chi connectivity index (χ3n) is 20.3. The summed E-state index contributed by atoms with van der Waals surface area (Å²) in [5, 5.41) is 31.2. The fourth-order valence-electron chi connectivity index (χ4n) is 16.6. The van der Waals surface area contributed by atoms with E-state index in [1.54, 1.807) is 0 Å². The molecular weight excluding hydrogens is 1160 g/mol. The van der Waals surface area contributed by atoms with Crippen LogP contribution in [-0.2, 0) is 5.41 Å². The highest BCUT2D eigenvalue weighted by atomic mass is 16.5. The third-order valence-corrected chi connectivity index (χ3v) is 20.3. The van der Waals surface area contributed by atoms with E-state index in [0.717, 1.165) is 171 Å². The number of nitriles is 2. The van der Waals surface area contributed by atoms with Gasteiger partial charge in [-0.2, -0.15) is 10.5 Å². The zero-order valence-electron chi connectivity index (χ0n) is 50.4. The molecule has 0 bridgehead atoms. The van der Waals surface area contributed by atoms with Crippen LogP contribution in [0.15, 0.2) is 280 Å². The van der Waals surface area contributed by atoms with Crippen LogP contribution in [0.2, 0.25) is 0 Å². The van der Waals surface area contributed by atoms with Crippen molar-refractivity contribution in [1.82, 2.24) is 37.8 Å². The number of aromatic nitrogens is 8. The number of benzene rings is 11. The van der Waals surface area contributed by atoms with Crippen molar-refractivity contribution in [1.29, 1.82) is 10.5 Å². The van der Waals surface area contributed by atoms with Gasteiger partial charge in [-0.05, 0) is 127 Å². The summed E-state index contributed by atoms with van der Waals surface area (Å²) in [5.74, 6) is 1.35. The van der Waals surface area contributed by atoms with Crippen LogP contribution in [-0.4, -0.2) is 37.8 Å². The van der Waals surface area contributed by atoms with Crippen LogP contribution >= 0.6 is 0 Å². The summed E-state index contributed by atoms with van der Waals surface area (Å²) >= 11 is 0. The summed E-state index contributed by atoms with van der Waals surface area (Å²) in [6.45, 7) is 0. The lowest BCUT2D eigenvalue weighted by Gasteiger charge is -2.40. The minimum absolute atomic E-state index is 0.588. The number of hydrogen-bond acceptors (Lipinski definition) is 6. The first-order chi connectivity index (χ1) is 47.0. The van der Waals surface area contributed by atoms with Gasteiger partial charge in [0.2, 0.25) is 0 Å². The molecule has 1 spiro atoms. The molecule has 11 nitrogen and oxygen atoms in total. The Bertz CT molecular complexity index is 6480. The summed E-state index contributed by atoms with van der Waals surface area (Å²) in [6.07, 6.45) is 7.87. The Hall–Kier alpha value is -13.4. The van der Waals surface area contributed by atoms with Gasteiger partial charge >= 0.3 is 0 Å². The molecule has 1 aliphatic heterocycles. The number of para-hydroxylation sites is 6. The summed E-state index contributed by atoms with van der Waals surface area (Å²) in [6, 6.07) is 94.9. The Morgan fingerprint density at radius 1 is 0.305 bits per heavy atom. The largest absolute Gasteiger partial charge is 0.457 e. The summed E-state index contributed by atoms with van der Waals surface area (Å²) < 4.78 is 19.4. The lowest BCUT2D eigenvalue weighted by molar-refractivity contribution is 0.435. The zero-order valence-corrected chi connectivity index (χ0v) is 50.4. The minimum atomic E-state index is -1.18. The Morgan fingerprint density at radius 3 is 1.24 bits per heavy atom. The molecular formula is C84H46N10O. The van der Waals surface area contributed by atoms with E-state index >= 15 is 0 Å². The quantitative estimate of drug-likeness (QED) is 0.169. The first kappa shape index (κ1) is 51.4. The highest BCUT2D eigenvalue weighted by molar-refractivity contribution is 6.15. The van der Waals surface area contributed by atoms with E-state index in [4.69, 9.17) is 19.7 Å². The molecule has 0 unspecified atom stereocenters. The van der Waals surface area contributed by atoms with Crippen molar-refractivity contribution < 1.29 is 4.74 Å². The van der Waals surface area contributed by atoms with Gasteiger partial charge in [-0.25, -0.2) is 0 Å². The smallest absolute Gasteiger partial charge is 0.134 e. The topological polar surface area (TPSA) is 120 Å². The summed E-state index contributed by atoms with van der Waals surface area (Å²) in [5.41, 5.74) is 20.2. The van der Waals surface area contributed by atoms with Gasteiger partial charge in [0.15, 0.2) is 0 Å². The molecule has 2 aliphatic rings. The van der Waals surface area contributed by atoms with E-state index in [1.165, 1.54) is 0 Å². The van der Waals surface area contributed by atoms with Gasteiger partial charge in [-0.15, -0.1) is 0 Å². The first-order valence-electron chi connectivity index (χ1n) is 31.7. The molecule has 0 radical (unpaired) electrons. The molecule has 0 saturated carbocycles. The van der Waals surface area contributed by atoms with Crippen molar-refractivity contribution in [2.24, 2.45) is 0 Å². The van der Waals surface area contributed by atoms with Crippen molar-refractivity contribution in [2.45, 2.75) is 5.41 Å². The van der Waals surface area contributed by atoms with Gasteiger partial charge in [0.1, 0.15) is 11.5 Å². The molecule has 0 saturated heterocycles. The molecule has 9 heterocycles. The van der Waals surface area contributed by atoms with E-state index in [0.29, 0.717) is 22.6 Å². The molecule has 95 heavy (non-hydrogen) atoms. The van der Waals surface area contributed by atoms with E-state index in [9.17, 15) is 10.5 Å². The molecule has 19 aromatic rings. The predicted octanol–water partition coefficient (Wildman–Crippen LogP) is 19.6. The monoisotopic (exact) mass is 1210 g/mol. The first-order valence-corrected chi connectivity index (χ1v) is 31.7. The molecule has 11 heteroatoms. The Kier molecular flexibility index (Phi) is 10.2. The number of rotatable bonds is 5. The average Bonchev–Trinajstić information content (AvgIpc) is 1.56. The van der Waals surface area contributed by atoms with Crippen LogP contribution in [0.3, 0.4) is 0 Å². The predicted molar refractivity (Wildman–Crippen MR) is 378 cm³/mol. The van der Waals surface area contributed by atoms with E-state index in [-0.39, 0.29) is 0 Å². The second kappa shape index (κ2) is 18.9. The number of nitrogens with zero attached hydrogens (tertiary/aromatic N) is 10. The SMILES string of the molecule is N#Cc1ccc2c(c1)c1ccccc1n2-c1ccc2c(c1)c1ccncc1n2-c1ccc2c(c1)Oc1cccc(-n3c4ccccc4c4cc(C#N)ccc43)c1C21c2cc(-n3c4ccccc4c4ccccc43)cnc2-c2ncc(-n3c4ccccc4c4ccccc43)cc21. The molecule has 438 valence electrons. The van der Waals surface area contributed by atoms with Crippen LogP contribution in [0.4, 0.5) is 0 Å². The van der Waals surface area contributed by atoms with E-state index in [2.05, 4.69) is 265 Å². The second-order valence-electron chi connectivity index (χ2n) is 24.9. The third kappa shape index (κ3) is 6.76. The Balaban J connectivity index is 0.872. The number of ether oxygens (including phenoxy) is 1. The standard InChI is InChI=1S/C84H46N10O/c85-44-49-28-33-74-62(38-49)59-18-5-11-24-72(59)90(74)51-31-35-75-64(40-51)61-36-37-87-48-78(61)91(75)52-30-32-65-80(43-52)95-79-27-13-26-77(94-73-25-12-6-19-60(73)63-39-50(45-86)29-34-76(63)94)81(79)84(65)66-41-53(92-68-20-7-1-14-55(68)56-15-2-8-21-69(56)92)46-88-82(66)83-67(84)42-54(47-89-83)93-70-22-9-3-16-57(70)58-17-4-10-23-71(58)93/h1-43,46-48H. The lowest BCUT2D eigenvalue weighted by Crippen LogP contribution is -2.34. The van der Waals surface area contributed by atoms with Crippen molar-refractivity contribution in [3.8, 4) is 63.5 Å². The number of fused-ring (bicyclic) bond motifs is 24. The van der Waals surface area contributed by atoms with Gasteiger partial charge in [-0.1, -0.05) is 121 Å². The normalized spacial score (nSPS) is 13.0. The Morgan fingerprint density at radius 2 is 0.716 bits per heavy atom. The highest BCUT2D eigenvalue weighted by Gasteiger charge is 2.55. The van der Waals surface area contributed by atoms with E-state index in [1.807, 2.05) is 49.1 Å². The maximum Gasteiger partial charge on any atom is 0.134 e. The van der Waals surface area contributed by atoms with Gasteiger partial charge < -0.3 is 27.6 Å². The molecule has 0 atom stereocenters. The van der Waals surface area contributed by atoms with Crippen molar-refractivity contribution in [3.05, 3.63) is 313 Å². The molecule has 8 aromatic heterocycles. The molecule has 0 N–H and O–H groups in total.